The molecule has 1 aromatic carbocycles. The summed E-state index contributed by atoms with van der Waals surface area (Å²) in [6.45, 7) is 6.86. The summed E-state index contributed by atoms with van der Waals surface area (Å²) in [5.41, 5.74) is 1.84. The van der Waals surface area contributed by atoms with E-state index in [1.165, 1.54) is 4.88 Å². The molecule has 0 aliphatic heterocycles. The van der Waals surface area contributed by atoms with Crippen molar-refractivity contribution >= 4 is 47.2 Å². The van der Waals surface area contributed by atoms with E-state index in [0.29, 0.717) is 6.54 Å². The fourth-order valence-electron chi connectivity index (χ4n) is 2.45. The van der Waals surface area contributed by atoms with Crippen LogP contribution in [0.2, 0.25) is 0 Å². The Labute approximate surface area is 176 Å². The van der Waals surface area contributed by atoms with Gasteiger partial charge in [-0.25, -0.2) is 0 Å². The largest absolute Gasteiger partial charge is 0.352 e. The molecule has 5 nitrogen and oxygen atoms in total. The molecule has 2 N–H and O–H groups in total. The molecule has 0 bridgehead atoms. The number of nitrogens with zero attached hydrogens (tertiary/aromatic N) is 2. The van der Waals surface area contributed by atoms with Crippen molar-refractivity contribution in [3.05, 3.63) is 57.8 Å². The topological polar surface area (TPSA) is 56.7 Å². The quantitative estimate of drug-likeness (QED) is 0.357. The Hall–Kier alpha value is -1.61. The molecule has 0 aliphatic carbocycles. The summed E-state index contributed by atoms with van der Waals surface area (Å²) in [6.07, 6.45) is 0. The molecule has 0 saturated heterocycles. The lowest BCUT2D eigenvalue weighted by Crippen LogP contribution is -2.36. The highest BCUT2D eigenvalue weighted by molar-refractivity contribution is 14.0. The summed E-state index contributed by atoms with van der Waals surface area (Å²) in [6, 6.07) is 11.9. The van der Waals surface area contributed by atoms with Crippen LogP contribution in [0, 0.1) is 0 Å². The first kappa shape index (κ1) is 22.4. The van der Waals surface area contributed by atoms with Gasteiger partial charge in [0.25, 0.3) is 5.91 Å². The number of nitrogens with one attached hydrogen (secondary N) is 2. The fraction of sp³-hybridized carbons (Fsp3) is 0.368. The lowest BCUT2D eigenvalue weighted by molar-refractivity contribution is 0.0773. The minimum atomic E-state index is 0. The van der Waals surface area contributed by atoms with Crippen LogP contribution in [0.3, 0.4) is 0 Å². The minimum Gasteiger partial charge on any atom is -0.352 e. The molecule has 2 rings (SSSR count). The molecule has 0 saturated carbocycles. The van der Waals surface area contributed by atoms with Gasteiger partial charge in [-0.1, -0.05) is 18.2 Å². The van der Waals surface area contributed by atoms with Gasteiger partial charge in [0.2, 0.25) is 0 Å². The number of hydrogen-bond donors (Lipinski definition) is 2. The van der Waals surface area contributed by atoms with Gasteiger partial charge >= 0.3 is 0 Å². The predicted octanol–water partition coefficient (Wildman–Crippen LogP) is 3.71. The lowest BCUT2D eigenvalue weighted by Gasteiger charge is -2.18. The van der Waals surface area contributed by atoms with Gasteiger partial charge in [0.15, 0.2) is 5.96 Å². The number of rotatable bonds is 7. The van der Waals surface area contributed by atoms with Crippen molar-refractivity contribution in [1.29, 1.82) is 0 Å². The van der Waals surface area contributed by atoms with Gasteiger partial charge < -0.3 is 15.5 Å². The van der Waals surface area contributed by atoms with Crippen molar-refractivity contribution in [2.75, 3.05) is 20.1 Å². The highest BCUT2D eigenvalue weighted by atomic mass is 127. The number of carbonyl (C=O) groups excluding carboxylic acids is 1. The van der Waals surface area contributed by atoms with Crippen molar-refractivity contribution in [3.63, 3.8) is 0 Å². The minimum absolute atomic E-state index is 0. The SMILES string of the molecule is CCN(CC)C(=O)c1ccc(CNC(=NC)NCc2cccs2)cc1.I. The van der Waals surface area contributed by atoms with Crippen molar-refractivity contribution < 1.29 is 4.79 Å². The average molecular weight is 486 g/mol. The molecule has 0 unspecified atom stereocenters. The van der Waals surface area contributed by atoms with Crippen LogP contribution in [0.15, 0.2) is 46.8 Å². The highest BCUT2D eigenvalue weighted by Gasteiger charge is 2.11. The number of halogens is 1. The van der Waals surface area contributed by atoms with Gasteiger partial charge in [0.1, 0.15) is 0 Å². The number of aliphatic imine (C=N–C) groups is 1. The summed E-state index contributed by atoms with van der Waals surface area (Å²) in [7, 11) is 1.76. The zero-order valence-corrected chi connectivity index (χ0v) is 18.6. The Morgan fingerprint density at radius 3 is 2.27 bits per heavy atom. The number of hydrogen-bond acceptors (Lipinski definition) is 3. The fourth-order valence-corrected chi connectivity index (χ4v) is 3.09. The van der Waals surface area contributed by atoms with Gasteiger partial charge in [0.05, 0.1) is 6.54 Å². The third-order valence-corrected chi connectivity index (χ3v) is 4.82. The van der Waals surface area contributed by atoms with Crippen LogP contribution < -0.4 is 10.6 Å². The van der Waals surface area contributed by atoms with Crippen LogP contribution in [-0.4, -0.2) is 36.9 Å². The molecule has 26 heavy (non-hydrogen) atoms. The Balaban J connectivity index is 0.00000338. The van der Waals surface area contributed by atoms with E-state index >= 15 is 0 Å². The first-order valence-electron chi connectivity index (χ1n) is 8.53. The molecular formula is C19H27IN4OS. The smallest absolute Gasteiger partial charge is 0.253 e. The van der Waals surface area contributed by atoms with Crippen molar-refractivity contribution in [3.8, 4) is 0 Å². The molecule has 142 valence electrons. The van der Waals surface area contributed by atoms with E-state index in [2.05, 4.69) is 27.1 Å². The maximum atomic E-state index is 12.3. The zero-order chi connectivity index (χ0) is 18.1. The molecule has 0 spiro atoms. The van der Waals surface area contributed by atoms with Crippen molar-refractivity contribution in [1.82, 2.24) is 15.5 Å². The summed E-state index contributed by atoms with van der Waals surface area (Å²) < 4.78 is 0. The first-order chi connectivity index (χ1) is 12.2. The van der Waals surface area contributed by atoms with Crippen LogP contribution >= 0.6 is 35.3 Å². The van der Waals surface area contributed by atoms with Gasteiger partial charge in [-0.05, 0) is 43.0 Å². The molecule has 0 fully saturated rings. The van der Waals surface area contributed by atoms with E-state index in [1.807, 2.05) is 49.1 Å². The summed E-state index contributed by atoms with van der Waals surface area (Å²) in [5.74, 6) is 0.842. The van der Waals surface area contributed by atoms with Crippen LogP contribution in [-0.2, 0) is 13.1 Å². The molecule has 7 heteroatoms. The monoisotopic (exact) mass is 486 g/mol. The molecule has 0 radical (unpaired) electrons. The van der Waals surface area contributed by atoms with Gasteiger partial charge in [-0.2, -0.15) is 0 Å². The molecule has 2 aromatic rings. The third kappa shape index (κ3) is 6.60. The van der Waals surface area contributed by atoms with Crippen molar-refractivity contribution in [2.24, 2.45) is 4.99 Å². The average Bonchev–Trinajstić information content (AvgIpc) is 3.17. The summed E-state index contributed by atoms with van der Waals surface area (Å²) in [5, 5.41) is 8.64. The summed E-state index contributed by atoms with van der Waals surface area (Å²) >= 11 is 1.72. The lowest BCUT2D eigenvalue weighted by atomic mass is 10.1. The van der Waals surface area contributed by atoms with E-state index in [9.17, 15) is 4.79 Å². The van der Waals surface area contributed by atoms with E-state index in [0.717, 1.165) is 36.7 Å². The van der Waals surface area contributed by atoms with Gasteiger partial charge in [-0.3, -0.25) is 9.79 Å². The normalized spacial score (nSPS) is 10.8. The van der Waals surface area contributed by atoms with Crippen LogP contribution in [0.4, 0.5) is 0 Å². The van der Waals surface area contributed by atoms with Crippen molar-refractivity contribution in [2.45, 2.75) is 26.9 Å². The predicted molar refractivity (Wildman–Crippen MR) is 120 cm³/mol. The maximum absolute atomic E-state index is 12.3. The second-order valence-corrected chi connectivity index (χ2v) is 6.57. The highest BCUT2D eigenvalue weighted by Crippen LogP contribution is 2.09. The van der Waals surface area contributed by atoms with E-state index < -0.39 is 0 Å². The second kappa shape index (κ2) is 11.9. The summed E-state index contributed by atoms with van der Waals surface area (Å²) in [4.78, 5) is 19.6. The number of carbonyl (C=O) groups is 1. The molecule has 1 heterocycles. The van der Waals surface area contributed by atoms with E-state index in [1.54, 1.807) is 18.4 Å². The standard InChI is InChI=1S/C19H26N4OS.HI/c1-4-23(5-2)18(24)16-10-8-15(9-11-16)13-21-19(20-3)22-14-17-7-6-12-25-17;/h6-12H,4-5,13-14H2,1-3H3,(H2,20,21,22);1H. The Morgan fingerprint density at radius 2 is 1.73 bits per heavy atom. The Morgan fingerprint density at radius 1 is 1.08 bits per heavy atom. The van der Waals surface area contributed by atoms with Gasteiger partial charge in [-0.15, -0.1) is 35.3 Å². The van der Waals surface area contributed by atoms with E-state index in [4.69, 9.17) is 0 Å². The van der Waals surface area contributed by atoms with E-state index in [-0.39, 0.29) is 29.9 Å². The number of amides is 1. The van der Waals surface area contributed by atoms with Crippen LogP contribution in [0.25, 0.3) is 0 Å². The van der Waals surface area contributed by atoms with Crippen LogP contribution in [0.1, 0.15) is 34.6 Å². The number of thiophene rings is 1. The number of guanidine groups is 1. The molecule has 1 aromatic heterocycles. The second-order valence-electron chi connectivity index (χ2n) is 5.53. The molecular weight excluding hydrogens is 459 g/mol. The molecule has 0 aliphatic rings. The molecule has 0 atom stereocenters. The van der Waals surface area contributed by atoms with Gasteiger partial charge in [0, 0.05) is 37.1 Å². The maximum Gasteiger partial charge on any atom is 0.253 e. The zero-order valence-electron chi connectivity index (χ0n) is 15.5. The third-order valence-electron chi connectivity index (χ3n) is 3.95. The molecule has 1 amide bonds. The first-order valence-corrected chi connectivity index (χ1v) is 9.41. The number of benzene rings is 1. The van der Waals surface area contributed by atoms with Crippen LogP contribution in [0.5, 0.6) is 0 Å². The Bertz CT molecular complexity index is 682. The Kier molecular flexibility index (Phi) is 10.3.